The Balaban J connectivity index is 0.000000170. The lowest BCUT2D eigenvalue weighted by molar-refractivity contribution is -0.138. The molecule has 2 saturated carbocycles. The fourth-order valence-corrected chi connectivity index (χ4v) is 13.6. The number of benzene rings is 2. The number of nitrogens with one attached hydrogen (secondary N) is 1. The van der Waals surface area contributed by atoms with E-state index >= 15 is 0 Å². The fourth-order valence-electron chi connectivity index (χ4n) is 13.0. The van der Waals surface area contributed by atoms with Crippen LogP contribution in [0.5, 0.6) is 0 Å². The van der Waals surface area contributed by atoms with E-state index in [1.54, 1.807) is 17.0 Å². The summed E-state index contributed by atoms with van der Waals surface area (Å²) in [5.41, 5.74) is 1.22. The van der Waals surface area contributed by atoms with E-state index in [2.05, 4.69) is 26.9 Å². The van der Waals surface area contributed by atoms with Gasteiger partial charge in [-0.1, -0.05) is 65.5 Å². The van der Waals surface area contributed by atoms with Crippen LogP contribution < -0.4 is 5.32 Å². The van der Waals surface area contributed by atoms with Crippen molar-refractivity contribution >= 4 is 64.5 Å². The third kappa shape index (κ3) is 15.5. The van der Waals surface area contributed by atoms with Gasteiger partial charge in [0.2, 0.25) is 23.7 Å². The van der Waals surface area contributed by atoms with E-state index in [1.807, 2.05) is 29.2 Å². The SMILES string of the molecule is CC1CCN(C2CNC2)CC1.O=C1CC[C@](CCN2CC(N3CCC(F)CC3)C2)(c2ccc(Cl)c(Cl)c2)CN1CC1CCC(F)(F)CC1.O=CC[C@]1(c2ccc(Cl)c(Cl)c2)CCC(=O)N(CC2CCC(F)(F)CC2)C1. The third-order valence-corrected chi connectivity index (χ3v) is 19.9. The molecule has 75 heavy (non-hydrogen) atoms. The van der Waals surface area contributed by atoms with Gasteiger partial charge in [0, 0.05) is 133 Å². The molecular weight excluding hydrogens is 1050 g/mol. The van der Waals surface area contributed by atoms with E-state index < -0.39 is 23.4 Å². The summed E-state index contributed by atoms with van der Waals surface area (Å²) in [6, 6.07) is 12.5. The van der Waals surface area contributed by atoms with Crippen molar-refractivity contribution in [2.24, 2.45) is 17.8 Å². The van der Waals surface area contributed by atoms with Crippen molar-refractivity contribution in [3.8, 4) is 0 Å². The van der Waals surface area contributed by atoms with E-state index in [1.165, 1.54) is 39.0 Å². The van der Waals surface area contributed by atoms with E-state index in [0.29, 0.717) is 110 Å². The minimum Gasteiger partial charge on any atom is -0.342 e. The second-order valence-electron chi connectivity index (χ2n) is 23.7. The number of nitrogens with zero attached hydrogens (tertiary/aromatic N) is 5. The zero-order valence-corrected chi connectivity index (χ0v) is 46.8. The summed E-state index contributed by atoms with van der Waals surface area (Å²) in [4.78, 5) is 48.1. The quantitative estimate of drug-likeness (QED) is 0.158. The average Bonchev–Trinajstić information content (AvgIpc) is 3.35. The number of rotatable bonds is 13. The first-order valence-corrected chi connectivity index (χ1v) is 29.5. The summed E-state index contributed by atoms with van der Waals surface area (Å²) in [6.07, 6.45) is 8.92. The first-order valence-electron chi connectivity index (χ1n) is 27.9. The highest BCUT2D eigenvalue weighted by Gasteiger charge is 2.45. The first-order chi connectivity index (χ1) is 35.7. The van der Waals surface area contributed by atoms with E-state index in [0.717, 1.165) is 74.9 Å². The molecule has 2 atom stereocenters. The molecule has 0 unspecified atom stereocenters. The van der Waals surface area contributed by atoms with Gasteiger partial charge in [0.25, 0.3) is 0 Å². The number of amides is 2. The van der Waals surface area contributed by atoms with Crippen molar-refractivity contribution < 1.29 is 36.3 Å². The van der Waals surface area contributed by atoms with Crippen LogP contribution in [-0.4, -0.2) is 158 Å². The van der Waals surface area contributed by atoms with Gasteiger partial charge < -0.3 is 24.8 Å². The molecule has 18 heteroatoms. The smallest absolute Gasteiger partial charge is 0.248 e. The van der Waals surface area contributed by atoms with Gasteiger partial charge >= 0.3 is 0 Å². The Bertz CT molecular complexity index is 2220. The molecule has 1 N–H and O–H groups in total. The lowest BCUT2D eigenvalue weighted by Gasteiger charge is -2.49. The van der Waals surface area contributed by atoms with Gasteiger partial charge in [-0.3, -0.25) is 19.4 Å². The molecule has 0 bridgehead atoms. The number of hydrogen-bond acceptors (Lipinski definition) is 7. The van der Waals surface area contributed by atoms with Gasteiger partial charge in [0.1, 0.15) is 12.5 Å². The van der Waals surface area contributed by atoms with Gasteiger partial charge in [0.05, 0.1) is 20.1 Å². The molecule has 10 rings (SSSR count). The number of carbonyl (C=O) groups excluding carboxylic acids is 3. The van der Waals surface area contributed by atoms with Crippen LogP contribution >= 0.6 is 46.4 Å². The summed E-state index contributed by atoms with van der Waals surface area (Å²) in [7, 11) is 0. The van der Waals surface area contributed by atoms with E-state index in [-0.39, 0.29) is 61.2 Å². The van der Waals surface area contributed by atoms with Crippen LogP contribution in [0.1, 0.15) is 134 Å². The number of aldehydes is 1. The molecule has 9 nitrogen and oxygen atoms in total. The third-order valence-electron chi connectivity index (χ3n) is 18.4. The van der Waals surface area contributed by atoms with E-state index in [4.69, 9.17) is 46.4 Å². The summed E-state index contributed by atoms with van der Waals surface area (Å²) in [6.45, 7) is 14.1. The van der Waals surface area contributed by atoms with Crippen LogP contribution in [0.3, 0.4) is 0 Å². The largest absolute Gasteiger partial charge is 0.342 e. The highest BCUT2D eigenvalue weighted by atomic mass is 35.5. The summed E-state index contributed by atoms with van der Waals surface area (Å²) in [5.74, 6) is -3.83. The minimum absolute atomic E-state index is 0.0221. The zero-order valence-electron chi connectivity index (χ0n) is 43.8. The number of carbonyl (C=O) groups is 3. The fraction of sp³-hybridized carbons (Fsp3) is 0.737. The molecular formula is C57H79Cl4F5N6O3. The monoisotopic (exact) mass is 1130 g/mol. The maximum absolute atomic E-state index is 13.7. The Morgan fingerprint density at radius 1 is 0.613 bits per heavy atom. The normalized spacial score (nSPS) is 28.2. The van der Waals surface area contributed by atoms with Crippen LogP contribution in [0.4, 0.5) is 22.0 Å². The molecule has 8 aliphatic rings. The van der Waals surface area contributed by atoms with Crippen molar-refractivity contribution in [2.75, 3.05) is 85.1 Å². The molecule has 2 aliphatic carbocycles. The summed E-state index contributed by atoms with van der Waals surface area (Å²) < 4.78 is 67.7. The van der Waals surface area contributed by atoms with Crippen LogP contribution in [-0.2, 0) is 25.2 Å². The Kier molecular flexibility index (Phi) is 20.3. The predicted octanol–water partition coefficient (Wildman–Crippen LogP) is 12.1. The second kappa shape index (κ2) is 25.9. The zero-order chi connectivity index (χ0) is 53.5. The lowest BCUT2D eigenvalue weighted by atomic mass is 9.71. The summed E-state index contributed by atoms with van der Waals surface area (Å²) >= 11 is 24.9. The number of halogens is 9. The van der Waals surface area contributed by atoms with Crippen molar-refractivity contribution in [2.45, 2.75) is 163 Å². The highest BCUT2D eigenvalue weighted by molar-refractivity contribution is 6.42. The predicted molar refractivity (Wildman–Crippen MR) is 290 cm³/mol. The second-order valence-corrected chi connectivity index (χ2v) is 25.4. The van der Waals surface area contributed by atoms with Gasteiger partial charge in [-0.15, -0.1) is 0 Å². The van der Waals surface area contributed by atoms with Crippen LogP contribution in [0.25, 0.3) is 0 Å². The number of hydrogen-bond donors (Lipinski definition) is 1. The Morgan fingerprint density at radius 3 is 1.53 bits per heavy atom. The molecule has 2 aromatic carbocycles. The van der Waals surface area contributed by atoms with E-state index in [9.17, 15) is 36.3 Å². The molecule has 6 aliphatic heterocycles. The Hall–Kier alpha value is -2.30. The van der Waals surface area contributed by atoms with Crippen molar-refractivity contribution in [3.05, 3.63) is 67.6 Å². The number of alkyl halides is 5. The maximum atomic E-state index is 13.7. The molecule has 418 valence electrons. The molecule has 0 spiro atoms. The topological polar surface area (TPSA) is 79.4 Å². The number of piperidine rings is 4. The van der Waals surface area contributed by atoms with Crippen LogP contribution in [0, 0.1) is 17.8 Å². The number of likely N-dealkylation sites (tertiary alicyclic amines) is 5. The van der Waals surface area contributed by atoms with Gasteiger partial charge in [-0.25, -0.2) is 22.0 Å². The molecule has 2 aromatic rings. The highest BCUT2D eigenvalue weighted by Crippen LogP contribution is 2.44. The molecule has 2 amide bonds. The molecule has 0 aromatic heterocycles. The molecule has 6 heterocycles. The van der Waals surface area contributed by atoms with Crippen LogP contribution in [0.2, 0.25) is 20.1 Å². The first kappa shape index (κ1) is 58.8. The Morgan fingerprint density at radius 2 is 1.07 bits per heavy atom. The molecule has 6 saturated heterocycles. The van der Waals surface area contributed by atoms with Gasteiger partial charge in [0.15, 0.2) is 0 Å². The van der Waals surface area contributed by atoms with Crippen molar-refractivity contribution in [1.29, 1.82) is 0 Å². The van der Waals surface area contributed by atoms with Gasteiger partial charge in [-0.05, 0) is 143 Å². The van der Waals surface area contributed by atoms with Gasteiger partial charge in [-0.2, -0.15) is 0 Å². The summed E-state index contributed by atoms with van der Waals surface area (Å²) in [5, 5.41) is 5.20. The van der Waals surface area contributed by atoms with Crippen molar-refractivity contribution in [1.82, 2.24) is 29.8 Å². The molecule has 8 fully saturated rings. The maximum Gasteiger partial charge on any atom is 0.248 e. The minimum atomic E-state index is -2.58. The Labute approximate surface area is 462 Å². The average molecular weight is 1130 g/mol. The standard InChI is InChI=1S/C28H38Cl2F3N3O.C20H23Cl2F2NO2.C9H18N2/c29-24-2-1-21(15-25(24)30)27(11-14-34-17-23(18-34)35-12-6-22(31)7-13-35)8-5-26(37)36(19-27)16-20-3-9-28(32,33)10-4-20;21-16-2-1-15(11-17(16)22)19(9-10-26)6-5-18(27)25(13-19)12-14-3-7-20(23,24)8-4-14;1-8-2-4-11(5-3-8)9-6-10-7-9/h1-2,15,20,22-23H,3-14,16-19H2;1-2,10-11,14H,3-9,12-13H2;8-10H,2-7H2,1H3/t27-;19-;/m11./s1. The van der Waals surface area contributed by atoms with Crippen molar-refractivity contribution in [3.63, 3.8) is 0 Å². The lowest BCUT2D eigenvalue weighted by Crippen LogP contribution is -2.61. The molecule has 0 radical (unpaired) electrons. The van der Waals surface area contributed by atoms with Crippen LogP contribution in [0.15, 0.2) is 36.4 Å².